The van der Waals surface area contributed by atoms with Gasteiger partial charge in [-0.25, -0.2) is 15.0 Å². The SMILES string of the molecule is Nc1ncnc2c1ncn2[C@H]1C[C@H](CO)[C@@H](O)C1. The minimum Gasteiger partial charge on any atom is -0.396 e. The van der Waals surface area contributed by atoms with Gasteiger partial charge in [-0.05, 0) is 12.8 Å². The molecule has 2 aromatic heterocycles. The molecule has 0 aliphatic heterocycles. The highest BCUT2D eigenvalue weighted by Gasteiger charge is 2.34. The lowest BCUT2D eigenvalue weighted by Gasteiger charge is -2.11. The minimum atomic E-state index is -0.475. The second kappa shape index (κ2) is 4.18. The Balaban J connectivity index is 1.99. The zero-order valence-corrected chi connectivity index (χ0v) is 9.77. The van der Waals surface area contributed by atoms with E-state index in [9.17, 15) is 10.2 Å². The highest BCUT2D eigenvalue weighted by Crippen LogP contribution is 2.36. The Hall–Kier alpha value is -1.73. The van der Waals surface area contributed by atoms with Crippen molar-refractivity contribution in [1.29, 1.82) is 0 Å². The number of nitrogens with two attached hydrogens (primary N) is 1. The predicted octanol–water partition coefficient (Wildman–Crippen LogP) is -0.287. The fourth-order valence-corrected chi connectivity index (χ4v) is 2.63. The van der Waals surface area contributed by atoms with E-state index < -0.39 is 6.10 Å². The molecule has 1 aliphatic carbocycles. The number of hydrogen-bond acceptors (Lipinski definition) is 6. The zero-order chi connectivity index (χ0) is 12.7. The summed E-state index contributed by atoms with van der Waals surface area (Å²) in [6, 6.07) is 0.0939. The summed E-state index contributed by atoms with van der Waals surface area (Å²) in [5, 5.41) is 19.0. The van der Waals surface area contributed by atoms with Gasteiger partial charge in [-0.2, -0.15) is 0 Å². The molecule has 18 heavy (non-hydrogen) atoms. The van der Waals surface area contributed by atoms with Gasteiger partial charge in [0.1, 0.15) is 11.8 Å². The molecular formula is C11H15N5O2. The monoisotopic (exact) mass is 249 g/mol. The van der Waals surface area contributed by atoms with Crippen LogP contribution in [0.5, 0.6) is 0 Å². The fourth-order valence-electron chi connectivity index (χ4n) is 2.63. The molecular weight excluding hydrogens is 234 g/mol. The van der Waals surface area contributed by atoms with Gasteiger partial charge in [0.15, 0.2) is 11.5 Å². The smallest absolute Gasteiger partial charge is 0.165 e. The first kappa shape index (κ1) is 11.4. The van der Waals surface area contributed by atoms with Crippen LogP contribution in [0.3, 0.4) is 0 Å². The van der Waals surface area contributed by atoms with Gasteiger partial charge in [-0.1, -0.05) is 0 Å². The normalized spacial score (nSPS) is 28.0. The second-order valence-electron chi connectivity index (χ2n) is 4.72. The lowest BCUT2D eigenvalue weighted by atomic mass is 10.1. The molecule has 2 heterocycles. The number of aromatic nitrogens is 4. The topological polar surface area (TPSA) is 110 Å². The molecule has 1 saturated carbocycles. The van der Waals surface area contributed by atoms with Crippen molar-refractivity contribution in [3.05, 3.63) is 12.7 Å². The van der Waals surface area contributed by atoms with Crippen LogP contribution in [0.15, 0.2) is 12.7 Å². The standard InChI is InChI=1S/C11H15N5O2/c12-10-9-11(14-4-13-10)16(5-15-9)7-1-6(3-17)8(18)2-7/h4-8,17-18H,1-3H2,(H2,12,13,14)/t6-,7+,8+/m1/s1. The highest BCUT2D eigenvalue weighted by molar-refractivity contribution is 5.81. The summed E-state index contributed by atoms with van der Waals surface area (Å²) in [6.45, 7) is 0.00141. The molecule has 1 fully saturated rings. The fraction of sp³-hybridized carbons (Fsp3) is 0.545. The number of hydrogen-bond donors (Lipinski definition) is 3. The van der Waals surface area contributed by atoms with Gasteiger partial charge in [0, 0.05) is 18.6 Å². The van der Waals surface area contributed by atoms with E-state index in [-0.39, 0.29) is 18.6 Å². The predicted molar refractivity (Wildman–Crippen MR) is 64.6 cm³/mol. The summed E-state index contributed by atoms with van der Waals surface area (Å²) in [4.78, 5) is 12.3. The second-order valence-corrected chi connectivity index (χ2v) is 4.72. The Morgan fingerprint density at radius 2 is 2.17 bits per heavy atom. The van der Waals surface area contributed by atoms with E-state index in [2.05, 4.69) is 15.0 Å². The Bertz CT molecular complexity index is 570. The first-order valence-electron chi connectivity index (χ1n) is 5.92. The molecule has 0 aromatic carbocycles. The molecule has 3 rings (SSSR count). The number of imidazole rings is 1. The number of nitrogen functional groups attached to an aromatic ring is 1. The Morgan fingerprint density at radius 3 is 2.89 bits per heavy atom. The number of aliphatic hydroxyl groups excluding tert-OH is 2. The molecule has 0 radical (unpaired) electrons. The van der Waals surface area contributed by atoms with Crippen LogP contribution in [0.1, 0.15) is 18.9 Å². The van der Waals surface area contributed by atoms with Crippen molar-refractivity contribution in [1.82, 2.24) is 19.5 Å². The van der Waals surface area contributed by atoms with E-state index in [0.717, 1.165) is 0 Å². The van der Waals surface area contributed by atoms with Crippen molar-refractivity contribution in [3.8, 4) is 0 Å². The summed E-state index contributed by atoms with van der Waals surface area (Å²) >= 11 is 0. The molecule has 96 valence electrons. The van der Waals surface area contributed by atoms with Gasteiger partial charge in [0.2, 0.25) is 0 Å². The summed E-state index contributed by atoms with van der Waals surface area (Å²) in [6.07, 6.45) is 3.92. The maximum Gasteiger partial charge on any atom is 0.165 e. The summed E-state index contributed by atoms with van der Waals surface area (Å²) in [5.74, 6) is 0.280. The number of aliphatic hydroxyl groups is 2. The minimum absolute atomic E-state index is 0.00141. The van der Waals surface area contributed by atoms with Crippen LogP contribution < -0.4 is 5.73 Å². The lowest BCUT2D eigenvalue weighted by molar-refractivity contribution is 0.0906. The first-order valence-corrected chi connectivity index (χ1v) is 5.92. The Kier molecular flexibility index (Phi) is 2.64. The highest BCUT2D eigenvalue weighted by atomic mass is 16.3. The zero-order valence-electron chi connectivity index (χ0n) is 9.77. The maximum absolute atomic E-state index is 9.83. The van der Waals surface area contributed by atoms with Gasteiger partial charge in [-0.3, -0.25) is 0 Å². The van der Waals surface area contributed by atoms with Gasteiger partial charge in [0.25, 0.3) is 0 Å². The number of rotatable bonds is 2. The van der Waals surface area contributed by atoms with E-state index in [1.165, 1.54) is 6.33 Å². The van der Waals surface area contributed by atoms with E-state index in [0.29, 0.717) is 29.8 Å². The van der Waals surface area contributed by atoms with Crippen molar-refractivity contribution >= 4 is 17.0 Å². The van der Waals surface area contributed by atoms with Crippen molar-refractivity contribution in [2.24, 2.45) is 5.92 Å². The average Bonchev–Trinajstić information content (AvgIpc) is 2.93. The van der Waals surface area contributed by atoms with Crippen molar-refractivity contribution in [2.45, 2.75) is 25.0 Å². The number of nitrogens with zero attached hydrogens (tertiary/aromatic N) is 4. The molecule has 0 bridgehead atoms. The average molecular weight is 249 g/mol. The van der Waals surface area contributed by atoms with Crippen LogP contribution in [0.25, 0.3) is 11.2 Å². The molecule has 7 heteroatoms. The quantitative estimate of drug-likeness (QED) is 0.674. The van der Waals surface area contributed by atoms with Crippen molar-refractivity contribution in [2.75, 3.05) is 12.3 Å². The van der Waals surface area contributed by atoms with Crippen LogP contribution in [0, 0.1) is 5.92 Å². The molecule has 3 atom stereocenters. The molecule has 0 amide bonds. The van der Waals surface area contributed by atoms with E-state index in [1.54, 1.807) is 6.33 Å². The van der Waals surface area contributed by atoms with Crippen LogP contribution in [-0.2, 0) is 0 Å². The summed E-state index contributed by atoms with van der Waals surface area (Å²) < 4.78 is 1.91. The molecule has 7 nitrogen and oxygen atoms in total. The van der Waals surface area contributed by atoms with Crippen LogP contribution >= 0.6 is 0 Å². The van der Waals surface area contributed by atoms with E-state index in [1.807, 2.05) is 4.57 Å². The Morgan fingerprint density at radius 1 is 1.33 bits per heavy atom. The maximum atomic E-state index is 9.83. The lowest BCUT2D eigenvalue weighted by Crippen LogP contribution is -2.16. The van der Waals surface area contributed by atoms with E-state index in [4.69, 9.17) is 5.73 Å². The molecule has 4 N–H and O–H groups in total. The van der Waals surface area contributed by atoms with Gasteiger partial charge in [0.05, 0.1) is 12.4 Å². The Labute approximate surface area is 103 Å². The van der Waals surface area contributed by atoms with Gasteiger partial charge in [-0.15, -0.1) is 0 Å². The van der Waals surface area contributed by atoms with Crippen molar-refractivity contribution in [3.63, 3.8) is 0 Å². The number of anilines is 1. The third-order valence-corrected chi connectivity index (χ3v) is 3.65. The molecule has 0 saturated heterocycles. The molecule has 2 aromatic rings. The first-order chi connectivity index (χ1) is 8.70. The van der Waals surface area contributed by atoms with Crippen LogP contribution in [0.2, 0.25) is 0 Å². The molecule has 0 unspecified atom stereocenters. The van der Waals surface area contributed by atoms with Crippen LogP contribution in [-0.4, -0.2) is 42.4 Å². The summed E-state index contributed by atoms with van der Waals surface area (Å²) in [7, 11) is 0. The van der Waals surface area contributed by atoms with Gasteiger partial charge < -0.3 is 20.5 Å². The van der Waals surface area contributed by atoms with E-state index >= 15 is 0 Å². The third kappa shape index (κ3) is 1.63. The van der Waals surface area contributed by atoms with Crippen molar-refractivity contribution < 1.29 is 10.2 Å². The third-order valence-electron chi connectivity index (χ3n) is 3.65. The molecule has 0 spiro atoms. The molecule has 1 aliphatic rings. The summed E-state index contributed by atoms with van der Waals surface area (Å²) in [5.41, 5.74) is 6.99. The van der Waals surface area contributed by atoms with Crippen LogP contribution in [0.4, 0.5) is 5.82 Å². The number of fused-ring (bicyclic) bond motifs is 1. The van der Waals surface area contributed by atoms with Gasteiger partial charge >= 0.3 is 0 Å². The largest absolute Gasteiger partial charge is 0.396 e.